The molecule has 25 heavy (non-hydrogen) atoms. The number of carbonyl (C=O) groups is 1. The molecular formula is C18H15FN4O2. The van der Waals surface area contributed by atoms with Crippen LogP contribution in [-0.2, 0) is 6.54 Å². The van der Waals surface area contributed by atoms with Crippen molar-refractivity contribution in [3.63, 3.8) is 0 Å². The Hall–Kier alpha value is -3.22. The van der Waals surface area contributed by atoms with Gasteiger partial charge in [0.2, 0.25) is 0 Å². The van der Waals surface area contributed by atoms with E-state index in [2.05, 4.69) is 9.97 Å². The average Bonchev–Trinajstić information content (AvgIpc) is 3.08. The first-order valence-corrected chi connectivity index (χ1v) is 7.86. The molecule has 0 aliphatic carbocycles. The normalized spacial score (nSPS) is 13.7. The minimum Gasteiger partial charge on any atom is -0.491 e. The van der Waals surface area contributed by atoms with E-state index in [4.69, 9.17) is 4.74 Å². The first-order chi connectivity index (χ1) is 12.2. The molecule has 1 aliphatic rings. The lowest BCUT2D eigenvalue weighted by Gasteiger charge is -2.20. The topological polar surface area (TPSA) is 60.2 Å². The Morgan fingerprint density at radius 3 is 3.00 bits per heavy atom. The summed E-state index contributed by atoms with van der Waals surface area (Å²) in [4.78, 5) is 22.7. The molecule has 0 radical (unpaired) electrons. The fraction of sp³-hybridized carbons (Fsp3) is 0.167. The number of pyridine rings is 1. The molecule has 126 valence electrons. The monoisotopic (exact) mass is 338 g/mol. The lowest BCUT2D eigenvalue weighted by atomic mass is 10.1. The largest absolute Gasteiger partial charge is 0.491 e. The van der Waals surface area contributed by atoms with Crippen LogP contribution in [0.3, 0.4) is 0 Å². The minimum absolute atomic E-state index is 0.170. The van der Waals surface area contributed by atoms with Gasteiger partial charge in [-0.3, -0.25) is 9.36 Å². The number of carbonyl (C=O) groups excluding carboxylic acids is 1. The van der Waals surface area contributed by atoms with Crippen molar-refractivity contribution in [1.29, 1.82) is 0 Å². The number of ether oxygens (including phenoxy) is 1. The zero-order valence-corrected chi connectivity index (χ0v) is 13.3. The quantitative estimate of drug-likeness (QED) is 0.720. The molecule has 0 spiro atoms. The summed E-state index contributed by atoms with van der Waals surface area (Å²) in [5.74, 6) is 0.527. The molecule has 0 unspecified atom stereocenters. The third-order valence-electron chi connectivity index (χ3n) is 4.09. The highest BCUT2D eigenvalue weighted by Gasteiger charge is 2.23. The van der Waals surface area contributed by atoms with Crippen molar-refractivity contribution in [2.45, 2.75) is 6.54 Å². The molecular weight excluding hydrogens is 323 g/mol. The van der Waals surface area contributed by atoms with Crippen LogP contribution in [0.1, 0.15) is 15.9 Å². The van der Waals surface area contributed by atoms with Crippen LogP contribution in [0.4, 0.5) is 4.39 Å². The molecule has 0 saturated heterocycles. The number of nitrogens with zero attached hydrogens (tertiary/aromatic N) is 4. The number of imidazole rings is 1. The van der Waals surface area contributed by atoms with Gasteiger partial charge in [-0.15, -0.1) is 0 Å². The number of hydrogen-bond acceptors (Lipinski definition) is 4. The zero-order valence-electron chi connectivity index (χ0n) is 13.3. The SMILES string of the molecule is O=C(c1ccnc(-n2ccnc2)c1)N1CCOc2cccc(F)c2C1. The number of halogens is 1. The van der Waals surface area contributed by atoms with Gasteiger partial charge in [-0.05, 0) is 24.3 Å². The molecule has 3 aromatic rings. The number of rotatable bonds is 2. The highest BCUT2D eigenvalue weighted by atomic mass is 19.1. The van der Waals surface area contributed by atoms with Crippen LogP contribution in [0.15, 0.2) is 55.2 Å². The summed E-state index contributed by atoms with van der Waals surface area (Å²) >= 11 is 0. The highest BCUT2D eigenvalue weighted by Crippen LogP contribution is 2.26. The van der Waals surface area contributed by atoms with Crippen LogP contribution in [0.25, 0.3) is 5.82 Å². The second kappa shape index (κ2) is 6.35. The van der Waals surface area contributed by atoms with E-state index < -0.39 is 0 Å². The Morgan fingerprint density at radius 1 is 1.24 bits per heavy atom. The van der Waals surface area contributed by atoms with Crippen LogP contribution in [-0.4, -0.2) is 38.5 Å². The van der Waals surface area contributed by atoms with E-state index in [9.17, 15) is 9.18 Å². The van der Waals surface area contributed by atoms with Crippen molar-refractivity contribution in [1.82, 2.24) is 19.4 Å². The van der Waals surface area contributed by atoms with Gasteiger partial charge in [0.15, 0.2) is 0 Å². The van der Waals surface area contributed by atoms with Gasteiger partial charge in [0.25, 0.3) is 5.91 Å². The van der Waals surface area contributed by atoms with Gasteiger partial charge in [0.05, 0.1) is 13.1 Å². The fourth-order valence-electron chi connectivity index (χ4n) is 2.81. The first-order valence-electron chi connectivity index (χ1n) is 7.86. The van der Waals surface area contributed by atoms with Crippen molar-refractivity contribution < 1.29 is 13.9 Å². The van der Waals surface area contributed by atoms with Gasteiger partial charge in [0.1, 0.15) is 30.3 Å². The van der Waals surface area contributed by atoms with Gasteiger partial charge in [0, 0.05) is 29.7 Å². The number of hydrogen-bond donors (Lipinski definition) is 0. The number of fused-ring (bicyclic) bond motifs is 1. The lowest BCUT2D eigenvalue weighted by Crippen LogP contribution is -2.32. The number of aromatic nitrogens is 3. The fourth-order valence-corrected chi connectivity index (χ4v) is 2.81. The molecule has 0 N–H and O–H groups in total. The molecule has 3 heterocycles. The van der Waals surface area contributed by atoms with Crippen molar-refractivity contribution in [2.75, 3.05) is 13.2 Å². The van der Waals surface area contributed by atoms with E-state index in [1.165, 1.54) is 6.07 Å². The van der Waals surface area contributed by atoms with Crippen LogP contribution < -0.4 is 4.74 Å². The molecule has 0 saturated carbocycles. The lowest BCUT2D eigenvalue weighted by molar-refractivity contribution is 0.0732. The molecule has 6 nitrogen and oxygen atoms in total. The van der Waals surface area contributed by atoms with Gasteiger partial charge in [-0.25, -0.2) is 14.4 Å². The smallest absolute Gasteiger partial charge is 0.254 e. The summed E-state index contributed by atoms with van der Waals surface area (Å²) in [6.45, 7) is 0.876. The number of benzene rings is 1. The Kier molecular flexibility index (Phi) is 3.89. The van der Waals surface area contributed by atoms with Crippen LogP contribution in [0.2, 0.25) is 0 Å². The van der Waals surface area contributed by atoms with E-state index in [1.54, 1.807) is 58.7 Å². The Bertz CT molecular complexity index is 911. The Morgan fingerprint density at radius 2 is 2.16 bits per heavy atom. The van der Waals surface area contributed by atoms with Crippen molar-refractivity contribution in [3.05, 3.63) is 72.2 Å². The number of amides is 1. The van der Waals surface area contributed by atoms with E-state index in [0.717, 1.165) is 0 Å². The molecule has 1 aliphatic heterocycles. The average molecular weight is 338 g/mol. The highest BCUT2D eigenvalue weighted by molar-refractivity contribution is 5.94. The molecule has 0 bridgehead atoms. The van der Waals surface area contributed by atoms with Crippen LogP contribution in [0, 0.1) is 5.82 Å². The van der Waals surface area contributed by atoms with E-state index in [0.29, 0.717) is 35.8 Å². The molecule has 0 atom stereocenters. The van der Waals surface area contributed by atoms with Gasteiger partial charge in [-0.2, -0.15) is 0 Å². The van der Waals surface area contributed by atoms with E-state index in [1.807, 2.05) is 0 Å². The molecule has 1 amide bonds. The van der Waals surface area contributed by atoms with Crippen molar-refractivity contribution in [3.8, 4) is 11.6 Å². The predicted octanol–water partition coefficient (Wildman–Crippen LogP) is 2.44. The zero-order chi connectivity index (χ0) is 17.2. The molecule has 7 heteroatoms. The minimum atomic E-state index is -0.369. The van der Waals surface area contributed by atoms with Crippen LogP contribution >= 0.6 is 0 Å². The summed E-state index contributed by atoms with van der Waals surface area (Å²) in [5, 5.41) is 0. The maximum atomic E-state index is 14.1. The van der Waals surface area contributed by atoms with Gasteiger partial charge in [-0.1, -0.05) is 6.07 Å². The molecule has 0 fully saturated rings. The molecule has 1 aromatic carbocycles. The predicted molar refractivity (Wildman–Crippen MR) is 88.0 cm³/mol. The molecule has 4 rings (SSSR count). The van der Waals surface area contributed by atoms with Gasteiger partial charge < -0.3 is 9.64 Å². The standard InChI is InChI=1S/C18H15FN4O2/c19-15-2-1-3-16-14(15)11-22(8-9-25-16)18(24)13-4-5-21-17(10-13)23-7-6-20-12-23/h1-7,10,12H,8-9,11H2. The second-order valence-corrected chi connectivity index (χ2v) is 5.66. The second-order valence-electron chi connectivity index (χ2n) is 5.66. The maximum Gasteiger partial charge on any atom is 0.254 e. The van der Waals surface area contributed by atoms with Crippen LogP contribution in [0.5, 0.6) is 5.75 Å². The third kappa shape index (κ3) is 2.96. The van der Waals surface area contributed by atoms with E-state index >= 15 is 0 Å². The summed E-state index contributed by atoms with van der Waals surface area (Å²) in [5.41, 5.74) is 0.885. The summed E-state index contributed by atoms with van der Waals surface area (Å²) in [6.07, 6.45) is 6.58. The third-order valence-corrected chi connectivity index (χ3v) is 4.09. The van der Waals surface area contributed by atoms with E-state index in [-0.39, 0.29) is 18.3 Å². The summed E-state index contributed by atoms with van der Waals surface area (Å²) in [6, 6.07) is 8.04. The van der Waals surface area contributed by atoms with Crippen molar-refractivity contribution >= 4 is 5.91 Å². The Labute approximate surface area is 143 Å². The summed E-state index contributed by atoms with van der Waals surface area (Å²) < 4.78 is 21.4. The summed E-state index contributed by atoms with van der Waals surface area (Å²) in [7, 11) is 0. The van der Waals surface area contributed by atoms with Crippen molar-refractivity contribution in [2.24, 2.45) is 0 Å². The Balaban J connectivity index is 1.63. The molecule has 2 aromatic heterocycles. The van der Waals surface area contributed by atoms with Gasteiger partial charge >= 0.3 is 0 Å². The maximum absolute atomic E-state index is 14.1. The first kappa shape index (κ1) is 15.3.